The smallest absolute Gasteiger partial charge is 0.384 e. The minimum atomic E-state index is -4.35. The average molecular weight is 467 g/mol. The number of methoxy groups -OCH3 is 1. The van der Waals surface area contributed by atoms with Crippen molar-refractivity contribution in [2.45, 2.75) is 56.6 Å². The number of fused-ring (bicyclic) bond motifs is 1. The monoisotopic (exact) mass is 466 g/mol. The summed E-state index contributed by atoms with van der Waals surface area (Å²) >= 11 is 1.67. The zero-order valence-electron chi connectivity index (χ0n) is 18.4. The first kappa shape index (κ1) is 24.5. The average Bonchev–Trinajstić information content (AvgIpc) is 3.19. The molecule has 0 aliphatic rings. The molecule has 0 fully saturated rings. The van der Waals surface area contributed by atoms with Crippen molar-refractivity contribution in [3.63, 3.8) is 0 Å². The van der Waals surface area contributed by atoms with Crippen LogP contribution in [0.2, 0.25) is 0 Å². The quantitative estimate of drug-likeness (QED) is 0.241. The molecule has 0 spiro atoms. The summed E-state index contributed by atoms with van der Waals surface area (Å²) in [5, 5.41) is 9.20. The number of rotatable bonds is 12. The van der Waals surface area contributed by atoms with Crippen LogP contribution in [0, 0.1) is 5.92 Å². The Morgan fingerprint density at radius 3 is 2.72 bits per heavy atom. The van der Waals surface area contributed by atoms with Crippen LogP contribution >= 0.6 is 11.8 Å². The van der Waals surface area contributed by atoms with Gasteiger partial charge >= 0.3 is 6.18 Å². The third-order valence-corrected chi connectivity index (χ3v) is 6.32. The Morgan fingerprint density at radius 1 is 1.12 bits per heavy atom. The minimum Gasteiger partial charge on any atom is -0.384 e. The first-order chi connectivity index (χ1) is 15.4. The molecule has 2 heterocycles. The molecule has 3 aromatic rings. The van der Waals surface area contributed by atoms with Crippen LogP contribution in [0.25, 0.3) is 10.9 Å². The highest BCUT2D eigenvalue weighted by atomic mass is 32.2. The fraction of sp³-hybridized carbons (Fsp3) is 0.522. The van der Waals surface area contributed by atoms with Crippen molar-refractivity contribution in [2.24, 2.45) is 5.92 Å². The third-order valence-electron chi connectivity index (χ3n) is 5.16. The van der Waals surface area contributed by atoms with Gasteiger partial charge in [-0.3, -0.25) is 9.67 Å². The molecular formula is C23H29F3N4OS. The SMILES string of the molecule is COCC(C)Cc1cn(CCCCCCSc2ccnc3cc(C(F)(F)F)ccc23)nn1. The van der Waals surface area contributed by atoms with E-state index in [2.05, 4.69) is 22.2 Å². The molecule has 5 nitrogen and oxygen atoms in total. The number of aromatic nitrogens is 4. The molecule has 9 heteroatoms. The Hall–Kier alpha value is -2.13. The second-order valence-corrected chi connectivity index (χ2v) is 9.18. The molecule has 0 aliphatic heterocycles. The van der Waals surface area contributed by atoms with E-state index in [9.17, 15) is 13.2 Å². The van der Waals surface area contributed by atoms with Crippen molar-refractivity contribution in [1.82, 2.24) is 20.0 Å². The molecule has 0 aliphatic carbocycles. The van der Waals surface area contributed by atoms with E-state index in [0.29, 0.717) is 11.4 Å². The van der Waals surface area contributed by atoms with Crippen LogP contribution in [0.3, 0.4) is 0 Å². The zero-order valence-corrected chi connectivity index (χ0v) is 19.3. The largest absolute Gasteiger partial charge is 0.416 e. The van der Waals surface area contributed by atoms with E-state index < -0.39 is 11.7 Å². The maximum absolute atomic E-state index is 12.9. The first-order valence-corrected chi connectivity index (χ1v) is 11.8. The normalized spacial score (nSPS) is 13.0. The van der Waals surface area contributed by atoms with E-state index in [-0.39, 0.29) is 0 Å². The van der Waals surface area contributed by atoms with Gasteiger partial charge in [0.25, 0.3) is 0 Å². The predicted molar refractivity (Wildman–Crippen MR) is 121 cm³/mol. The van der Waals surface area contributed by atoms with E-state index in [1.165, 1.54) is 6.07 Å². The molecule has 1 aromatic carbocycles. The Bertz CT molecular complexity index is 993. The van der Waals surface area contributed by atoms with E-state index in [1.54, 1.807) is 25.1 Å². The van der Waals surface area contributed by atoms with Crippen LogP contribution in [0.15, 0.2) is 41.6 Å². The summed E-state index contributed by atoms with van der Waals surface area (Å²) in [6.07, 6.45) is 4.39. The summed E-state index contributed by atoms with van der Waals surface area (Å²) in [6, 6.07) is 5.64. The summed E-state index contributed by atoms with van der Waals surface area (Å²) < 4.78 is 45.8. The number of nitrogens with zero attached hydrogens (tertiary/aromatic N) is 4. The standard InChI is InChI=1S/C23H29F3N4OS/c1-17(16-31-2)13-19-15-30(29-28-19)11-5-3-4-6-12-32-22-9-10-27-21-14-18(23(24,25)26)7-8-20(21)22/h7-10,14-15,17H,3-6,11-13,16H2,1-2H3. The summed E-state index contributed by atoms with van der Waals surface area (Å²) in [4.78, 5) is 5.08. The van der Waals surface area contributed by atoms with E-state index in [1.807, 2.05) is 16.9 Å². The van der Waals surface area contributed by atoms with Crippen LogP contribution in [-0.4, -0.2) is 39.4 Å². The van der Waals surface area contributed by atoms with Gasteiger partial charge in [0.2, 0.25) is 0 Å². The molecule has 0 bridgehead atoms. The summed E-state index contributed by atoms with van der Waals surface area (Å²) in [5.41, 5.74) is 0.718. The van der Waals surface area contributed by atoms with Gasteiger partial charge in [0.15, 0.2) is 0 Å². The summed E-state index contributed by atoms with van der Waals surface area (Å²) in [5.74, 6) is 1.34. The zero-order chi connectivity index (χ0) is 23.0. The lowest BCUT2D eigenvalue weighted by atomic mass is 10.1. The van der Waals surface area contributed by atoms with Gasteiger partial charge in [0, 0.05) is 42.9 Å². The molecule has 0 saturated carbocycles. The number of hydrogen-bond acceptors (Lipinski definition) is 5. The number of unbranched alkanes of at least 4 members (excludes halogenated alkanes) is 3. The van der Waals surface area contributed by atoms with Gasteiger partial charge in [-0.05, 0) is 49.1 Å². The number of ether oxygens (including phenoxy) is 1. The van der Waals surface area contributed by atoms with Crippen molar-refractivity contribution in [3.05, 3.63) is 47.9 Å². The first-order valence-electron chi connectivity index (χ1n) is 10.8. The van der Waals surface area contributed by atoms with Gasteiger partial charge in [-0.2, -0.15) is 13.2 Å². The van der Waals surface area contributed by atoms with Gasteiger partial charge in [-0.25, -0.2) is 0 Å². The number of halogens is 3. The van der Waals surface area contributed by atoms with Gasteiger partial charge in [-0.15, -0.1) is 16.9 Å². The van der Waals surface area contributed by atoms with Crippen molar-refractivity contribution in [3.8, 4) is 0 Å². The lowest BCUT2D eigenvalue weighted by Crippen LogP contribution is -2.07. The second-order valence-electron chi connectivity index (χ2n) is 8.04. The van der Waals surface area contributed by atoms with E-state index in [4.69, 9.17) is 4.74 Å². The summed E-state index contributed by atoms with van der Waals surface area (Å²) in [7, 11) is 1.71. The topological polar surface area (TPSA) is 52.8 Å². The molecule has 32 heavy (non-hydrogen) atoms. The number of benzene rings is 1. The van der Waals surface area contributed by atoms with Crippen molar-refractivity contribution < 1.29 is 17.9 Å². The number of hydrogen-bond donors (Lipinski definition) is 0. The molecule has 0 amide bonds. The van der Waals surface area contributed by atoms with Gasteiger partial charge in [0.1, 0.15) is 0 Å². The predicted octanol–water partition coefficient (Wildman–Crippen LogP) is 6.02. The van der Waals surface area contributed by atoms with Gasteiger partial charge < -0.3 is 4.74 Å². The Kier molecular flexibility index (Phi) is 8.92. The van der Waals surface area contributed by atoms with Crippen molar-refractivity contribution >= 4 is 22.7 Å². The third kappa shape index (κ3) is 7.20. The lowest BCUT2D eigenvalue weighted by Gasteiger charge is -2.10. The number of alkyl halides is 3. The molecule has 2 aromatic heterocycles. The maximum Gasteiger partial charge on any atom is 0.416 e. The van der Waals surface area contributed by atoms with Crippen molar-refractivity contribution in [2.75, 3.05) is 19.5 Å². The molecule has 0 saturated heterocycles. The Morgan fingerprint density at radius 2 is 1.94 bits per heavy atom. The van der Waals surface area contributed by atoms with Crippen LogP contribution < -0.4 is 0 Å². The highest BCUT2D eigenvalue weighted by Gasteiger charge is 2.30. The fourth-order valence-electron chi connectivity index (χ4n) is 3.58. The molecule has 1 atom stereocenters. The van der Waals surface area contributed by atoms with Gasteiger partial charge in [0.05, 0.1) is 16.8 Å². The number of aryl methyl sites for hydroxylation is 1. The summed E-state index contributed by atoms with van der Waals surface area (Å²) in [6.45, 7) is 3.71. The van der Waals surface area contributed by atoms with Crippen LogP contribution in [-0.2, 0) is 23.9 Å². The highest BCUT2D eigenvalue weighted by molar-refractivity contribution is 7.99. The Balaban J connectivity index is 1.37. The Labute approximate surface area is 190 Å². The van der Waals surface area contributed by atoms with E-state index >= 15 is 0 Å². The maximum atomic E-state index is 12.9. The van der Waals surface area contributed by atoms with Crippen molar-refractivity contribution in [1.29, 1.82) is 0 Å². The van der Waals surface area contributed by atoms with Gasteiger partial charge in [-0.1, -0.05) is 31.0 Å². The van der Waals surface area contributed by atoms with Crippen LogP contribution in [0.1, 0.15) is 43.9 Å². The lowest BCUT2D eigenvalue weighted by molar-refractivity contribution is -0.137. The number of pyridine rings is 1. The molecule has 174 valence electrons. The molecule has 0 N–H and O–H groups in total. The molecular weight excluding hydrogens is 437 g/mol. The minimum absolute atomic E-state index is 0.383. The van der Waals surface area contributed by atoms with E-state index in [0.717, 1.165) is 79.1 Å². The molecule has 0 radical (unpaired) electrons. The highest BCUT2D eigenvalue weighted by Crippen LogP contribution is 2.33. The molecule has 3 rings (SSSR count). The number of thioether (sulfide) groups is 1. The fourth-order valence-corrected chi connectivity index (χ4v) is 4.63. The second kappa shape index (κ2) is 11.7. The van der Waals surface area contributed by atoms with Crippen LogP contribution in [0.5, 0.6) is 0 Å². The van der Waals surface area contributed by atoms with Crippen LogP contribution in [0.4, 0.5) is 13.2 Å². The molecule has 1 unspecified atom stereocenters.